The van der Waals surface area contributed by atoms with Crippen molar-refractivity contribution in [3.63, 3.8) is 0 Å². The zero-order valence-corrected chi connectivity index (χ0v) is 13.2. The fourth-order valence-electron chi connectivity index (χ4n) is 4.64. The van der Waals surface area contributed by atoms with Gasteiger partial charge in [-0.15, -0.1) is 0 Å². The highest BCUT2D eigenvalue weighted by Gasteiger charge is 2.41. The number of nitrogens with one attached hydrogen (secondary N) is 2. The van der Waals surface area contributed by atoms with Crippen LogP contribution in [0.25, 0.3) is 11.0 Å². The van der Waals surface area contributed by atoms with Crippen molar-refractivity contribution in [1.29, 1.82) is 0 Å². The van der Waals surface area contributed by atoms with Gasteiger partial charge in [-0.3, -0.25) is 0 Å². The number of imidazole rings is 1. The zero-order chi connectivity index (χ0) is 15.1. The number of aromatic amines is 1. The predicted octanol–water partition coefficient (Wildman–Crippen LogP) is 3.23. The Labute approximate surface area is 131 Å². The molecule has 4 nitrogen and oxygen atoms in total. The third kappa shape index (κ3) is 2.60. The molecule has 0 amide bonds. The van der Waals surface area contributed by atoms with Crippen LogP contribution in [-0.4, -0.2) is 27.7 Å². The van der Waals surface area contributed by atoms with E-state index in [1.807, 2.05) is 6.07 Å². The van der Waals surface area contributed by atoms with Gasteiger partial charge in [0.15, 0.2) is 0 Å². The van der Waals surface area contributed by atoms with Gasteiger partial charge in [0.25, 0.3) is 0 Å². The van der Waals surface area contributed by atoms with Gasteiger partial charge in [-0.25, -0.2) is 4.98 Å². The molecule has 22 heavy (non-hydrogen) atoms. The van der Waals surface area contributed by atoms with Gasteiger partial charge in [0, 0.05) is 25.1 Å². The Balaban J connectivity index is 1.32. The Morgan fingerprint density at radius 1 is 1.36 bits per heavy atom. The number of phenolic OH excluding ortho intramolecular Hbond substituents is 1. The van der Waals surface area contributed by atoms with E-state index in [9.17, 15) is 5.11 Å². The topological polar surface area (TPSA) is 60.9 Å². The van der Waals surface area contributed by atoms with E-state index in [0.717, 1.165) is 47.6 Å². The number of hydrogen-bond donors (Lipinski definition) is 3. The lowest BCUT2D eigenvalue weighted by Crippen LogP contribution is -2.37. The first-order chi connectivity index (χ1) is 10.7. The molecule has 3 N–H and O–H groups in total. The number of benzene rings is 1. The van der Waals surface area contributed by atoms with Crippen LogP contribution < -0.4 is 5.32 Å². The van der Waals surface area contributed by atoms with Gasteiger partial charge in [0.1, 0.15) is 11.6 Å². The third-order valence-electron chi connectivity index (χ3n) is 5.78. The van der Waals surface area contributed by atoms with E-state index < -0.39 is 0 Å². The lowest BCUT2D eigenvalue weighted by atomic mass is 9.84. The lowest BCUT2D eigenvalue weighted by molar-refractivity contribution is 0.261. The molecule has 2 fully saturated rings. The minimum Gasteiger partial charge on any atom is -0.508 e. The van der Waals surface area contributed by atoms with E-state index in [2.05, 4.69) is 22.2 Å². The molecular weight excluding hydrogens is 274 g/mol. The van der Waals surface area contributed by atoms with Crippen molar-refractivity contribution in [2.45, 2.75) is 45.1 Å². The van der Waals surface area contributed by atoms with Crippen molar-refractivity contribution in [1.82, 2.24) is 15.3 Å². The Bertz CT molecular complexity index is 665. The van der Waals surface area contributed by atoms with Crippen LogP contribution >= 0.6 is 0 Å². The smallest absolute Gasteiger partial charge is 0.117 e. The van der Waals surface area contributed by atoms with Crippen molar-refractivity contribution in [2.24, 2.45) is 17.8 Å². The van der Waals surface area contributed by atoms with Crippen LogP contribution in [-0.2, 0) is 6.42 Å². The molecule has 1 aromatic heterocycles. The van der Waals surface area contributed by atoms with Crippen LogP contribution in [0.4, 0.5) is 0 Å². The van der Waals surface area contributed by atoms with Crippen LogP contribution in [0, 0.1) is 17.8 Å². The van der Waals surface area contributed by atoms with Gasteiger partial charge in [0.2, 0.25) is 0 Å². The number of aromatic hydroxyl groups is 1. The SMILES string of the molecule is CC(NCCc1nc2ccc(O)cc2[nH]1)C1CC2CCC1C2. The summed E-state index contributed by atoms with van der Waals surface area (Å²) in [5.41, 5.74) is 1.84. The first-order valence-corrected chi connectivity index (χ1v) is 8.60. The van der Waals surface area contributed by atoms with Crippen molar-refractivity contribution in [2.75, 3.05) is 6.54 Å². The predicted molar refractivity (Wildman–Crippen MR) is 87.9 cm³/mol. The molecule has 0 spiro atoms. The number of nitrogens with zero attached hydrogens (tertiary/aromatic N) is 1. The summed E-state index contributed by atoms with van der Waals surface area (Å²) < 4.78 is 0. The van der Waals surface area contributed by atoms with E-state index >= 15 is 0 Å². The second kappa shape index (κ2) is 5.58. The van der Waals surface area contributed by atoms with E-state index in [1.54, 1.807) is 12.1 Å². The van der Waals surface area contributed by atoms with E-state index in [-0.39, 0.29) is 5.75 Å². The van der Waals surface area contributed by atoms with Crippen LogP contribution in [0.15, 0.2) is 18.2 Å². The monoisotopic (exact) mass is 299 g/mol. The van der Waals surface area contributed by atoms with Gasteiger partial charge >= 0.3 is 0 Å². The molecule has 2 aliphatic rings. The molecule has 0 radical (unpaired) electrons. The summed E-state index contributed by atoms with van der Waals surface area (Å²) in [5.74, 6) is 4.15. The van der Waals surface area contributed by atoms with Crippen LogP contribution in [0.1, 0.15) is 38.4 Å². The maximum Gasteiger partial charge on any atom is 0.117 e. The molecule has 4 atom stereocenters. The van der Waals surface area contributed by atoms with Crippen molar-refractivity contribution in [3.8, 4) is 5.75 Å². The van der Waals surface area contributed by atoms with Gasteiger partial charge in [-0.1, -0.05) is 6.42 Å². The number of H-pyrrole nitrogens is 1. The summed E-state index contributed by atoms with van der Waals surface area (Å²) in [6, 6.07) is 5.89. The summed E-state index contributed by atoms with van der Waals surface area (Å²) in [5, 5.41) is 13.2. The molecule has 4 heteroatoms. The van der Waals surface area contributed by atoms with Gasteiger partial charge in [0.05, 0.1) is 11.0 Å². The highest BCUT2D eigenvalue weighted by Crippen LogP contribution is 2.49. The molecule has 0 aliphatic heterocycles. The molecule has 1 heterocycles. The van der Waals surface area contributed by atoms with Crippen molar-refractivity contribution >= 4 is 11.0 Å². The van der Waals surface area contributed by atoms with Crippen LogP contribution in [0.3, 0.4) is 0 Å². The number of fused-ring (bicyclic) bond motifs is 3. The van der Waals surface area contributed by atoms with Gasteiger partial charge in [-0.2, -0.15) is 0 Å². The van der Waals surface area contributed by atoms with Crippen molar-refractivity contribution in [3.05, 3.63) is 24.0 Å². The fourth-order valence-corrected chi connectivity index (χ4v) is 4.64. The molecule has 2 aromatic rings. The summed E-state index contributed by atoms with van der Waals surface area (Å²) in [6.45, 7) is 3.31. The van der Waals surface area contributed by atoms with Crippen LogP contribution in [0.2, 0.25) is 0 Å². The van der Waals surface area contributed by atoms with E-state index in [0.29, 0.717) is 6.04 Å². The van der Waals surface area contributed by atoms with Crippen LogP contribution in [0.5, 0.6) is 5.75 Å². The Hall–Kier alpha value is -1.55. The quantitative estimate of drug-likeness (QED) is 0.794. The number of aromatic nitrogens is 2. The maximum atomic E-state index is 9.50. The average Bonchev–Trinajstić information content (AvgIpc) is 3.20. The minimum absolute atomic E-state index is 0.283. The number of hydrogen-bond acceptors (Lipinski definition) is 3. The average molecular weight is 299 g/mol. The number of rotatable bonds is 5. The van der Waals surface area contributed by atoms with E-state index in [1.165, 1.54) is 25.7 Å². The minimum atomic E-state index is 0.283. The normalized spacial score (nSPS) is 28.5. The fraction of sp³-hybridized carbons (Fsp3) is 0.611. The van der Waals surface area contributed by atoms with Crippen molar-refractivity contribution < 1.29 is 5.11 Å². The zero-order valence-electron chi connectivity index (χ0n) is 13.2. The molecule has 2 aliphatic carbocycles. The molecule has 0 saturated heterocycles. The Kier molecular flexibility index (Phi) is 3.57. The number of phenols is 1. The Morgan fingerprint density at radius 3 is 3.05 bits per heavy atom. The molecule has 118 valence electrons. The molecule has 1 aromatic carbocycles. The maximum absolute atomic E-state index is 9.50. The molecule has 2 saturated carbocycles. The highest BCUT2D eigenvalue weighted by atomic mass is 16.3. The molecule has 4 rings (SSSR count). The second-order valence-corrected chi connectivity index (χ2v) is 7.22. The molecule has 4 unspecified atom stereocenters. The first-order valence-electron chi connectivity index (χ1n) is 8.60. The van der Waals surface area contributed by atoms with Gasteiger partial charge < -0.3 is 15.4 Å². The largest absolute Gasteiger partial charge is 0.508 e. The second-order valence-electron chi connectivity index (χ2n) is 7.22. The summed E-state index contributed by atoms with van der Waals surface area (Å²) >= 11 is 0. The van der Waals surface area contributed by atoms with Gasteiger partial charge in [-0.05, 0) is 56.1 Å². The summed E-state index contributed by atoms with van der Waals surface area (Å²) in [6.07, 6.45) is 6.74. The summed E-state index contributed by atoms with van der Waals surface area (Å²) in [7, 11) is 0. The highest BCUT2D eigenvalue weighted by molar-refractivity contribution is 5.76. The van der Waals surface area contributed by atoms with E-state index in [4.69, 9.17) is 0 Å². The Morgan fingerprint density at radius 2 is 2.27 bits per heavy atom. The lowest BCUT2D eigenvalue weighted by Gasteiger charge is -2.28. The summed E-state index contributed by atoms with van der Waals surface area (Å²) in [4.78, 5) is 7.88. The third-order valence-corrected chi connectivity index (χ3v) is 5.78. The molecule has 2 bridgehead atoms. The first kappa shape index (κ1) is 14.1. The standard InChI is InChI=1S/C18H25N3O/c1-11(15-9-12-2-3-13(15)8-12)19-7-6-18-20-16-5-4-14(22)10-17(16)21-18/h4-5,10-13,15,19,22H,2-3,6-9H2,1H3,(H,20,21). The molecular formula is C18H25N3O.